The second-order valence-electron chi connectivity index (χ2n) is 10.6. The maximum Gasteiger partial charge on any atom is 0.247 e. The quantitative estimate of drug-likeness (QED) is 0.394. The van der Waals surface area contributed by atoms with E-state index in [-0.39, 0.29) is 52.9 Å². The molecule has 2 aromatic heterocycles. The van der Waals surface area contributed by atoms with Gasteiger partial charge in [0.1, 0.15) is 11.6 Å². The van der Waals surface area contributed by atoms with Crippen molar-refractivity contribution in [2.24, 2.45) is 5.92 Å². The minimum absolute atomic E-state index is 0.0721. The van der Waals surface area contributed by atoms with Crippen molar-refractivity contribution in [3.05, 3.63) is 76.2 Å². The molecular weight excluding hydrogens is 524 g/mol. The number of hydrogen-bond acceptors (Lipinski definition) is 4. The van der Waals surface area contributed by atoms with E-state index in [2.05, 4.69) is 10.3 Å². The van der Waals surface area contributed by atoms with Crippen molar-refractivity contribution in [2.45, 2.75) is 57.4 Å². The molecule has 2 atom stereocenters. The zero-order valence-electron chi connectivity index (χ0n) is 21.5. The van der Waals surface area contributed by atoms with Crippen LogP contribution in [0.4, 0.5) is 14.6 Å². The molecule has 1 fully saturated rings. The molecule has 3 aromatic rings. The summed E-state index contributed by atoms with van der Waals surface area (Å²) in [5.41, 5.74) is 2.41. The third-order valence-corrected chi connectivity index (χ3v) is 8.12. The Kier molecular flexibility index (Phi) is 6.71. The van der Waals surface area contributed by atoms with Crippen LogP contribution in [0.15, 0.2) is 42.6 Å². The molecule has 2 amide bonds. The summed E-state index contributed by atoms with van der Waals surface area (Å²) in [6.07, 6.45) is 7.32. The Morgan fingerprint density at radius 1 is 1.05 bits per heavy atom. The number of nitrogens with zero attached hydrogens (tertiary/aromatic N) is 4. The Balaban J connectivity index is 1.37. The maximum absolute atomic E-state index is 14.7. The van der Waals surface area contributed by atoms with Gasteiger partial charge < -0.3 is 10.2 Å². The Morgan fingerprint density at radius 3 is 2.64 bits per heavy atom. The van der Waals surface area contributed by atoms with E-state index < -0.39 is 11.6 Å². The molecule has 0 radical (unpaired) electrons. The van der Waals surface area contributed by atoms with Crippen LogP contribution in [0.25, 0.3) is 11.3 Å². The molecule has 202 valence electrons. The van der Waals surface area contributed by atoms with Gasteiger partial charge in [-0.1, -0.05) is 24.9 Å². The molecule has 3 aliphatic rings. The van der Waals surface area contributed by atoms with Crippen molar-refractivity contribution in [2.75, 3.05) is 11.9 Å². The van der Waals surface area contributed by atoms with Crippen molar-refractivity contribution >= 4 is 34.8 Å². The van der Waals surface area contributed by atoms with E-state index >= 15 is 0 Å². The molecule has 2 aliphatic heterocycles. The Labute approximate surface area is 229 Å². The fourth-order valence-corrected chi connectivity index (χ4v) is 5.62. The standard InChI is InChI=1S/C29H28ClF2N5O2/c1-16-3-2-4-24(36-12-10-18(13-26(36)38)27-21(31)8-7-20(30)28(27)32)23-14-19(9-11-33-23)37-25(34-29(16)39)15-22(35-37)17-5-6-17/h7-9,11,13-17,24H,2-6,10,12H2,1H3,(H,34,39). The molecule has 39 heavy (non-hydrogen) atoms. The number of halogens is 3. The molecule has 1 saturated carbocycles. The van der Waals surface area contributed by atoms with Crippen LogP contribution < -0.4 is 5.32 Å². The summed E-state index contributed by atoms with van der Waals surface area (Å²) in [6, 6.07) is 7.57. The number of rotatable bonds is 3. The minimum Gasteiger partial charge on any atom is -0.330 e. The molecule has 1 aromatic carbocycles. The molecule has 2 unspecified atom stereocenters. The summed E-state index contributed by atoms with van der Waals surface area (Å²) < 4.78 is 30.9. The summed E-state index contributed by atoms with van der Waals surface area (Å²) >= 11 is 5.89. The highest BCUT2D eigenvalue weighted by molar-refractivity contribution is 6.31. The summed E-state index contributed by atoms with van der Waals surface area (Å²) in [5, 5.41) is 7.66. The molecule has 10 heteroatoms. The zero-order chi connectivity index (χ0) is 27.3. The lowest BCUT2D eigenvalue weighted by Gasteiger charge is -2.34. The third kappa shape index (κ3) is 4.95. The van der Waals surface area contributed by atoms with E-state index in [1.165, 1.54) is 6.08 Å². The van der Waals surface area contributed by atoms with Gasteiger partial charge in [-0.15, -0.1) is 0 Å². The van der Waals surface area contributed by atoms with E-state index in [0.29, 0.717) is 36.7 Å². The number of pyridine rings is 1. The van der Waals surface area contributed by atoms with Crippen molar-refractivity contribution in [3.63, 3.8) is 0 Å². The van der Waals surface area contributed by atoms with Gasteiger partial charge in [-0.05, 0) is 61.9 Å². The van der Waals surface area contributed by atoms with Gasteiger partial charge >= 0.3 is 0 Å². The van der Waals surface area contributed by atoms with Crippen LogP contribution in [0.2, 0.25) is 5.02 Å². The Morgan fingerprint density at radius 2 is 1.87 bits per heavy atom. The average molecular weight is 552 g/mol. The first-order valence-corrected chi connectivity index (χ1v) is 13.7. The van der Waals surface area contributed by atoms with Gasteiger partial charge in [0.05, 0.1) is 33.7 Å². The number of amides is 2. The number of benzene rings is 1. The van der Waals surface area contributed by atoms with Crippen LogP contribution in [-0.2, 0) is 9.59 Å². The molecule has 4 heterocycles. The van der Waals surface area contributed by atoms with Gasteiger partial charge in [-0.2, -0.15) is 5.10 Å². The van der Waals surface area contributed by atoms with Crippen molar-refractivity contribution in [3.8, 4) is 5.69 Å². The second kappa shape index (κ2) is 10.2. The topological polar surface area (TPSA) is 80.1 Å². The number of nitrogens with one attached hydrogen (secondary N) is 1. The summed E-state index contributed by atoms with van der Waals surface area (Å²) in [5.74, 6) is -1.24. The van der Waals surface area contributed by atoms with Gasteiger partial charge in [-0.25, -0.2) is 13.5 Å². The summed E-state index contributed by atoms with van der Waals surface area (Å²) in [6.45, 7) is 2.16. The predicted octanol–water partition coefficient (Wildman–Crippen LogP) is 6.19. The number of fused-ring (bicyclic) bond motifs is 4. The SMILES string of the molecule is CC1CCCC(N2CCC(c3c(F)ccc(Cl)c3F)=CC2=O)c2cc(ccn2)-n2nc(C3CC3)cc2NC1=O. The van der Waals surface area contributed by atoms with Gasteiger partial charge in [0.2, 0.25) is 11.8 Å². The molecule has 6 rings (SSSR count). The molecule has 7 nitrogen and oxygen atoms in total. The monoisotopic (exact) mass is 551 g/mol. The third-order valence-electron chi connectivity index (χ3n) is 7.83. The first-order chi connectivity index (χ1) is 18.8. The Bertz CT molecular complexity index is 1500. The van der Waals surface area contributed by atoms with Crippen molar-refractivity contribution in [1.29, 1.82) is 0 Å². The van der Waals surface area contributed by atoms with Crippen molar-refractivity contribution < 1.29 is 18.4 Å². The van der Waals surface area contributed by atoms with Crippen LogP contribution in [-0.4, -0.2) is 38.0 Å². The first kappa shape index (κ1) is 25.7. The number of carbonyl (C=O) groups is 2. The summed E-state index contributed by atoms with van der Waals surface area (Å²) in [4.78, 5) is 32.7. The molecule has 1 N–H and O–H groups in total. The lowest BCUT2D eigenvalue weighted by Crippen LogP contribution is -2.38. The van der Waals surface area contributed by atoms with Crippen LogP contribution in [0.3, 0.4) is 0 Å². The number of aromatic nitrogens is 3. The largest absolute Gasteiger partial charge is 0.330 e. The minimum atomic E-state index is -0.864. The van der Waals surface area contributed by atoms with Gasteiger partial charge in [0.25, 0.3) is 0 Å². The van der Waals surface area contributed by atoms with Crippen molar-refractivity contribution in [1.82, 2.24) is 19.7 Å². The van der Waals surface area contributed by atoms with Crippen LogP contribution >= 0.6 is 11.6 Å². The van der Waals surface area contributed by atoms with Gasteiger partial charge in [0, 0.05) is 36.7 Å². The predicted molar refractivity (Wildman–Crippen MR) is 143 cm³/mol. The lowest BCUT2D eigenvalue weighted by molar-refractivity contribution is -0.129. The van der Waals surface area contributed by atoms with Crippen LogP contribution in [0, 0.1) is 17.6 Å². The maximum atomic E-state index is 14.7. The van der Waals surface area contributed by atoms with Crippen LogP contribution in [0.5, 0.6) is 0 Å². The molecule has 0 saturated heterocycles. The van der Waals surface area contributed by atoms with Crippen LogP contribution in [0.1, 0.15) is 74.4 Å². The smallest absolute Gasteiger partial charge is 0.247 e. The van der Waals surface area contributed by atoms with E-state index in [0.717, 1.165) is 36.4 Å². The first-order valence-electron chi connectivity index (χ1n) is 13.3. The Hall–Kier alpha value is -3.59. The van der Waals surface area contributed by atoms with E-state index in [9.17, 15) is 18.4 Å². The molecule has 0 spiro atoms. The average Bonchev–Trinajstić information content (AvgIpc) is 3.69. The number of carbonyl (C=O) groups excluding carboxylic acids is 2. The highest BCUT2D eigenvalue weighted by Gasteiger charge is 2.32. The highest BCUT2D eigenvalue weighted by atomic mass is 35.5. The zero-order valence-corrected chi connectivity index (χ0v) is 22.2. The van der Waals surface area contributed by atoms with E-state index in [1.807, 2.05) is 25.1 Å². The number of hydrogen-bond donors (Lipinski definition) is 1. The fourth-order valence-electron chi connectivity index (χ4n) is 5.46. The highest BCUT2D eigenvalue weighted by Crippen LogP contribution is 2.41. The second-order valence-corrected chi connectivity index (χ2v) is 11.0. The van der Waals surface area contributed by atoms with Gasteiger partial charge in [0.15, 0.2) is 5.82 Å². The molecular formula is C29H28ClF2N5O2. The fraction of sp³-hybridized carbons (Fsp3) is 0.379. The van der Waals surface area contributed by atoms with E-state index in [1.54, 1.807) is 15.8 Å². The normalized spacial score (nSPS) is 21.9. The summed E-state index contributed by atoms with van der Waals surface area (Å²) in [7, 11) is 0. The van der Waals surface area contributed by atoms with E-state index in [4.69, 9.17) is 16.7 Å². The lowest BCUT2D eigenvalue weighted by atomic mass is 9.94. The molecule has 1 aliphatic carbocycles. The van der Waals surface area contributed by atoms with Gasteiger partial charge in [-0.3, -0.25) is 14.6 Å². The molecule has 2 bridgehead atoms. The number of anilines is 1.